The Morgan fingerprint density at radius 2 is 1.57 bits per heavy atom. The van der Waals surface area contributed by atoms with Gasteiger partial charge in [0.15, 0.2) is 6.67 Å². The molecule has 0 aliphatic carbocycles. The van der Waals surface area contributed by atoms with E-state index < -0.39 is 17.8 Å². The van der Waals surface area contributed by atoms with Crippen molar-refractivity contribution in [3.63, 3.8) is 0 Å². The molecule has 2 aliphatic rings. The van der Waals surface area contributed by atoms with E-state index in [-0.39, 0.29) is 30.8 Å². The summed E-state index contributed by atoms with van der Waals surface area (Å²) in [5.41, 5.74) is 4.07. The highest BCUT2D eigenvalue weighted by Gasteiger charge is 2.33. The molecule has 0 radical (unpaired) electrons. The van der Waals surface area contributed by atoms with Crippen LogP contribution in [0.4, 0.5) is 5.69 Å². The number of anilines is 1. The maximum Gasteiger partial charge on any atom is 0.363 e. The fourth-order valence-electron chi connectivity index (χ4n) is 4.38. The van der Waals surface area contributed by atoms with Crippen molar-refractivity contribution in [3.8, 4) is 22.9 Å². The van der Waals surface area contributed by atoms with Gasteiger partial charge in [0.05, 0.1) is 19.7 Å². The minimum absolute atomic E-state index is 0. The first-order chi connectivity index (χ1) is 16.2. The van der Waals surface area contributed by atoms with Crippen molar-refractivity contribution in [1.82, 2.24) is 15.3 Å². The molecule has 2 amide bonds. The molecule has 3 heterocycles. The highest BCUT2D eigenvalue weighted by atomic mass is 35.5. The predicted octanol–water partition coefficient (Wildman–Crippen LogP) is -0.388. The second-order valence-corrected chi connectivity index (χ2v) is 9.23. The maximum absolute atomic E-state index is 12.3. The monoisotopic (exact) mass is 497 g/mol. The van der Waals surface area contributed by atoms with Gasteiger partial charge < -0.3 is 31.0 Å². The van der Waals surface area contributed by atoms with Crippen molar-refractivity contribution in [3.05, 3.63) is 53.6 Å². The van der Waals surface area contributed by atoms with Crippen molar-refractivity contribution in [2.75, 3.05) is 32.7 Å². The number of hydroxylamine groups is 2. The first kappa shape index (κ1) is 24.4. The van der Waals surface area contributed by atoms with Crippen LogP contribution in [0.5, 0.6) is 0 Å². The SMILES string of the molecule is CN1C[N+](C)(C)Cc2cc(-c3nnc(-c4ccc(C(=O)ON5C(=O)CCC5=O)cc4)o3)ccc21.[Cl-]. The summed E-state index contributed by atoms with van der Waals surface area (Å²) in [6, 6.07) is 12.4. The van der Waals surface area contributed by atoms with Crippen molar-refractivity contribution in [1.29, 1.82) is 0 Å². The van der Waals surface area contributed by atoms with E-state index in [2.05, 4.69) is 48.4 Å². The standard InChI is InChI=1S/C24H24N5O5.ClH/c1-27-14-29(2,3)13-18-12-17(8-9-19(18)27)23-26-25-22(33-23)15-4-6-16(7-5-15)24(32)34-28-20(30)10-11-21(28)31;/h4-9,12H,10-11,13-14H2,1-3H3;1H/q+1;/p-1. The first-order valence-corrected chi connectivity index (χ1v) is 10.9. The number of benzene rings is 2. The number of rotatable bonds is 4. The van der Waals surface area contributed by atoms with Crippen LogP contribution in [-0.4, -0.2) is 65.3 Å². The average Bonchev–Trinajstić information content (AvgIpc) is 3.41. The van der Waals surface area contributed by atoms with Crippen LogP contribution in [0.3, 0.4) is 0 Å². The van der Waals surface area contributed by atoms with Gasteiger partial charge in [0.2, 0.25) is 11.8 Å². The summed E-state index contributed by atoms with van der Waals surface area (Å²) in [6.07, 6.45) is 0.0880. The van der Waals surface area contributed by atoms with E-state index in [1.807, 2.05) is 6.07 Å². The molecule has 2 aliphatic heterocycles. The van der Waals surface area contributed by atoms with Crippen LogP contribution in [0.1, 0.15) is 28.8 Å². The van der Waals surface area contributed by atoms with Gasteiger partial charge >= 0.3 is 5.97 Å². The molecule has 0 atom stereocenters. The Balaban J connectivity index is 0.00000289. The summed E-state index contributed by atoms with van der Waals surface area (Å²) in [4.78, 5) is 42.7. The Labute approximate surface area is 208 Å². The smallest absolute Gasteiger partial charge is 0.363 e. The normalized spacial score (nSPS) is 16.7. The number of carbonyl (C=O) groups is 3. The Kier molecular flexibility index (Phi) is 6.35. The zero-order valence-corrected chi connectivity index (χ0v) is 20.3. The number of hydrogen-bond acceptors (Lipinski definition) is 8. The van der Waals surface area contributed by atoms with Gasteiger partial charge in [-0.3, -0.25) is 9.59 Å². The van der Waals surface area contributed by atoms with Gasteiger partial charge in [-0.25, -0.2) is 4.79 Å². The van der Waals surface area contributed by atoms with Crippen molar-refractivity contribution >= 4 is 23.5 Å². The molecule has 0 spiro atoms. The van der Waals surface area contributed by atoms with Crippen LogP contribution in [0.15, 0.2) is 46.9 Å². The van der Waals surface area contributed by atoms with Gasteiger partial charge in [0.25, 0.3) is 11.8 Å². The van der Waals surface area contributed by atoms with E-state index in [0.717, 1.165) is 23.3 Å². The molecule has 182 valence electrons. The largest absolute Gasteiger partial charge is 1.00 e. The van der Waals surface area contributed by atoms with Crippen LogP contribution in [0.25, 0.3) is 22.9 Å². The molecule has 2 aromatic carbocycles. The van der Waals surface area contributed by atoms with Gasteiger partial charge in [0, 0.05) is 42.3 Å². The number of aromatic nitrogens is 2. The summed E-state index contributed by atoms with van der Waals surface area (Å²) >= 11 is 0. The lowest BCUT2D eigenvalue weighted by molar-refractivity contribution is -0.904. The third-order valence-corrected chi connectivity index (χ3v) is 5.90. The number of hydrogen-bond donors (Lipinski definition) is 0. The number of fused-ring (bicyclic) bond motifs is 1. The Hall–Kier alpha value is -3.76. The number of carbonyl (C=O) groups excluding carboxylic acids is 3. The van der Waals surface area contributed by atoms with E-state index in [9.17, 15) is 14.4 Å². The maximum atomic E-state index is 12.3. The number of amides is 2. The minimum atomic E-state index is -0.790. The minimum Gasteiger partial charge on any atom is -1.00 e. The summed E-state index contributed by atoms with van der Waals surface area (Å²) in [7, 11) is 6.47. The molecular weight excluding hydrogens is 474 g/mol. The van der Waals surface area contributed by atoms with E-state index in [1.165, 1.54) is 23.4 Å². The quantitative estimate of drug-likeness (QED) is 0.354. The first-order valence-electron chi connectivity index (χ1n) is 10.9. The third kappa shape index (κ3) is 4.75. The van der Waals surface area contributed by atoms with Crippen LogP contribution in [0, 0.1) is 0 Å². The zero-order chi connectivity index (χ0) is 24.0. The Bertz CT molecular complexity index is 1290. The highest BCUT2D eigenvalue weighted by molar-refractivity contribution is 6.02. The van der Waals surface area contributed by atoms with Crippen molar-refractivity contribution < 1.29 is 40.5 Å². The molecule has 1 aromatic heterocycles. The molecule has 35 heavy (non-hydrogen) atoms. The topological polar surface area (TPSA) is 106 Å². The van der Waals surface area contributed by atoms with E-state index in [0.29, 0.717) is 22.4 Å². The van der Waals surface area contributed by atoms with E-state index in [4.69, 9.17) is 9.25 Å². The molecule has 0 bridgehead atoms. The Morgan fingerprint density at radius 3 is 2.23 bits per heavy atom. The third-order valence-electron chi connectivity index (χ3n) is 5.90. The summed E-state index contributed by atoms with van der Waals surface area (Å²) in [5, 5.41) is 8.88. The molecule has 1 fully saturated rings. The fraction of sp³-hybridized carbons (Fsp3) is 0.292. The predicted molar refractivity (Wildman–Crippen MR) is 121 cm³/mol. The molecule has 1 saturated heterocycles. The van der Waals surface area contributed by atoms with E-state index in [1.54, 1.807) is 12.1 Å². The average molecular weight is 498 g/mol. The molecule has 11 heteroatoms. The van der Waals surface area contributed by atoms with Crippen LogP contribution in [-0.2, 0) is 21.0 Å². The second-order valence-electron chi connectivity index (χ2n) is 9.23. The lowest BCUT2D eigenvalue weighted by Gasteiger charge is -2.40. The van der Waals surface area contributed by atoms with Gasteiger partial charge in [-0.2, -0.15) is 0 Å². The number of halogens is 1. The van der Waals surface area contributed by atoms with Gasteiger partial charge in [-0.1, -0.05) is 0 Å². The number of quaternary nitrogens is 1. The van der Waals surface area contributed by atoms with Crippen molar-refractivity contribution in [2.24, 2.45) is 0 Å². The van der Waals surface area contributed by atoms with E-state index >= 15 is 0 Å². The van der Waals surface area contributed by atoms with Crippen LogP contribution < -0.4 is 17.3 Å². The summed E-state index contributed by atoms with van der Waals surface area (Å²) in [6.45, 7) is 1.84. The highest BCUT2D eigenvalue weighted by Crippen LogP contribution is 2.33. The summed E-state index contributed by atoms with van der Waals surface area (Å²) in [5.74, 6) is -1.12. The molecule has 0 saturated carbocycles. The molecule has 0 N–H and O–H groups in total. The lowest BCUT2D eigenvalue weighted by Crippen LogP contribution is -3.00. The molecule has 5 rings (SSSR count). The second kappa shape index (κ2) is 9.12. The summed E-state index contributed by atoms with van der Waals surface area (Å²) < 4.78 is 6.77. The lowest BCUT2D eigenvalue weighted by atomic mass is 10.0. The Morgan fingerprint density at radius 1 is 0.971 bits per heavy atom. The fourth-order valence-corrected chi connectivity index (χ4v) is 4.38. The molecule has 10 nitrogen and oxygen atoms in total. The van der Waals surface area contributed by atoms with Gasteiger partial charge in [-0.05, 0) is 42.5 Å². The van der Waals surface area contributed by atoms with Crippen LogP contribution >= 0.6 is 0 Å². The number of nitrogens with zero attached hydrogens (tertiary/aromatic N) is 5. The molecule has 0 unspecified atom stereocenters. The molecular formula is C24H24ClN5O5. The van der Waals surface area contributed by atoms with Crippen LogP contribution in [0.2, 0.25) is 0 Å². The van der Waals surface area contributed by atoms with Gasteiger partial charge in [-0.15, -0.1) is 15.3 Å². The van der Waals surface area contributed by atoms with Gasteiger partial charge in [0.1, 0.15) is 6.54 Å². The zero-order valence-electron chi connectivity index (χ0n) is 19.5. The number of imide groups is 1. The van der Waals surface area contributed by atoms with Crippen molar-refractivity contribution in [2.45, 2.75) is 19.4 Å². The molecule has 3 aromatic rings.